The Labute approximate surface area is 163 Å². The highest BCUT2D eigenvalue weighted by Gasteiger charge is 2.49. The predicted molar refractivity (Wildman–Crippen MR) is 114 cm³/mol. The maximum atomic E-state index is 11.0. The molecule has 2 aromatic carbocycles. The molecule has 0 aliphatic carbocycles. The molecule has 0 spiro atoms. The smallest absolute Gasteiger partial charge is 0.325 e. The molecule has 0 aromatic heterocycles. The molecule has 0 aliphatic rings. The molecule has 0 saturated carbocycles. The van der Waals surface area contributed by atoms with E-state index in [1.54, 1.807) is 6.08 Å². The summed E-state index contributed by atoms with van der Waals surface area (Å²) in [6.07, 6.45) is 3.86. The van der Waals surface area contributed by atoms with Gasteiger partial charge in [-0.1, -0.05) is 93.6 Å². The summed E-state index contributed by atoms with van der Waals surface area (Å²) in [6.45, 7) is 7.07. The third-order valence-corrected chi connectivity index (χ3v) is 10.4. The summed E-state index contributed by atoms with van der Waals surface area (Å²) in [5.41, 5.74) is 0. The van der Waals surface area contributed by atoms with Crippen molar-refractivity contribution in [2.45, 2.75) is 32.2 Å². The fourth-order valence-electron chi connectivity index (χ4n) is 3.36. The third-order valence-electron chi connectivity index (χ3n) is 4.57. The van der Waals surface area contributed by atoms with Crippen molar-refractivity contribution in [2.24, 2.45) is 0 Å². The van der Waals surface area contributed by atoms with E-state index in [0.717, 1.165) is 0 Å². The van der Waals surface area contributed by atoms with Gasteiger partial charge in [-0.25, -0.2) is 0 Å². The van der Waals surface area contributed by atoms with Crippen molar-refractivity contribution in [1.29, 1.82) is 0 Å². The normalized spacial score (nSPS) is 13.2. The minimum Gasteiger partial charge on any atom is -0.404 e. The van der Waals surface area contributed by atoms with E-state index in [9.17, 15) is 4.57 Å². The maximum absolute atomic E-state index is 11.0. The van der Waals surface area contributed by atoms with Crippen LogP contribution in [0.1, 0.15) is 27.2 Å². The van der Waals surface area contributed by atoms with Gasteiger partial charge < -0.3 is 14.2 Å². The van der Waals surface area contributed by atoms with Crippen LogP contribution in [0, 0.1) is 0 Å². The van der Waals surface area contributed by atoms with Gasteiger partial charge in [0.15, 0.2) is 0 Å². The first-order valence-electron chi connectivity index (χ1n) is 9.11. The summed E-state index contributed by atoms with van der Waals surface area (Å²) in [7, 11) is -6.50. The topological polar surface area (TPSA) is 66.8 Å². The van der Waals surface area contributed by atoms with Crippen molar-refractivity contribution in [3.8, 4) is 0 Å². The second-order valence-electron chi connectivity index (χ2n) is 7.62. The molecule has 0 heterocycles. The van der Waals surface area contributed by atoms with Gasteiger partial charge >= 0.3 is 7.60 Å². The molecule has 27 heavy (non-hydrogen) atoms. The van der Waals surface area contributed by atoms with E-state index in [-0.39, 0.29) is 11.2 Å². The molecular weight excluding hydrogens is 375 g/mol. The van der Waals surface area contributed by atoms with Crippen molar-refractivity contribution in [3.63, 3.8) is 0 Å². The minimum atomic E-state index is -3.95. The Balaban J connectivity index is 2.33. The summed E-state index contributed by atoms with van der Waals surface area (Å²) in [5, 5.41) is 2.34. The Bertz CT molecular complexity index is 739. The lowest BCUT2D eigenvalue weighted by atomic mass is 10.2. The molecular formula is C21H29O4PSi. The van der Waals surface area contributed by atoms with Gasteiger partial charge in [0.25, 0.3) is 8.32 Å². The van der Waals surface area contributed by atoms with Gasteiger partial charge in [-0.15, -0.1) is 0 Å². The van der Waals surface area contributed by atoms with Gasteiger partial charge in [-0.2, -0.15) is 0 Å². The molecule has 4 nitrogen and oxygen atoms in total. The molecule has 0 fully saturated rings. The summed E-state index contributed by atoms with van der Waals surface area (Å²) in [6, 6.07) is 20.8. The van der Waals surface area contributed by atoms with Crippen LogP contribution in [0.2, 0.25) is 5.04 Å². The Hall–Kier alpha value is -1.49. The van der Waals surface area contributed by atoms with Crippen molar-refractivity contribution in [2.75, 3.05) is 12.8 Å². The Kier molecular flexibility index (Phi) is 7.37. The molecule has 2 rings (SSSR count). The molecule has 146 valence electrons. The molecule has 6 heteroatoms. The van der Waals surface area contributed by atoms with Crippen LogP contribution in [-0.2, 0) is 8.99 Å². The lowest BCUT2D eigenvalue weighted by molar-refractivity contribution is 0.339. The number of hydrogen-bond acceptors (Lipinski definition) is 2. The molecule has 0 aliphatic heterocycles. The Morgan fingerprint density at radius 2 is 1.41 bits per heavy atom. The van der Waals surface area contributed by atoms with Crippen molar-refractivity contribution in [3.05, 3.63) is 72.8 Å². The van der Waals surface area contributed by atoms with Crippen LogP contribution in [0.25, 0.3) is 0 Å². The highest BCUT2D eigenvalue weighted by atomic mass is 31.2. The number of benzene rings is 2. The van der Waals surface area contributed by atoms with Crippen LogP contribution in [-0.4, -0.2) is 30.9 Å². The average molecular weight is 405 g/mol. The van der Waals surface area contributed by atoms with Crippen LogP contribution < -0.4 is 10.4 Å². The first-order valence-corrected chi connectivity index (χ1v) is 12.8. The lowest BCUT2D eigenvalue weighted by Crippen LogP contribution is -2.66. The zero-order valence-corrected chi connectivity index (χ0v) is 18.1. The van der Waals surface area contributed by atoms with E-state index in [1.807, 2.05) is 42.5 Å². The monoisotopic (exact) mass is 404 g/mol. The fraction of sp³-hybridized carbons (Fsp3) is 0.333. The van der Waals surface area contributed by atoms with E-state index >= 15 is 0 Å². The van der Waals surface area contributed by atoms with E-state index in [0.29, 0.717) is 13.0 Å². The van der Waals surface area contributed by atoms with Crippen molar-refractivity contribution in [1.82, 2.24) is 0 Å². The highest BCUT2D eigenvalue weighted by molar-refractivity contribution is 7.51. The zero-order chi connectivity index (χ0) is 20.0. The Morgan fingerprint density at radius 3 is 1.81 bits per heavy atom. The molecule has 0 bridgehead atoms. The van der Waals surface area contributed by atoms with Crippen LogP contribution in [0.15, 0.2) is 72.8 Å². The fourth-order valence-corrected chi connectivity index (χ4v) is 8.35. The second kappa shape index (κ2) is 9.13. The predicted octanol–water partition coefficient (Wildman–Crippen LogP) is 3.69. The molecule has 2 N–H and O–H groups in total. The quantitative estimate of drug-likeness (QED) is 0.400. The molecule has 0 unspecified atom stereocenters. The van der Waals surface area contributed by atoms with Gasteiger partial charge in [-0.3, -0.25) is 4.57 Å². The van der Waals surface area contributed by atoms with Crippen molar-refractivity contribution >= 4 is 26.3 Å². The number of rotatable bonds is 8. The number of hydrogen-bond donors (Lipinski definition) is 2. The Morgan fingerprint density at radius 1 is 0.926 bits per heavy atom. The molecule has 0 atom stereocenters. The highest BCUT2D eigenvalue weighted by Crippen LogP contribution is 2.37. The largest absolute Gasteiger partial charge is 0.404 e. The van der Waals surface area contributed by atoms with Crippen LogP contribution in [0.5, 0.6) is 0 Å². The van der Waals surface area contributed by atoms with E-state index in [2.05, 4.69) is 45.0 Å². The summed E-state index contributed by atoms with van der Waals surface area (Å²) >= 11 is 0. The summed E-state index contributed by atoms with van der Waals surface area (Å²) in [5.74, 6) is 0. The van der Waals surface area contributed by atoms with E-state index in [1.165, 1.54) is 10.4 Å². The van der Waals surface area contributed by atoms with E-state index in [4.69, 9.17) is 14.2 Å². The SMILES string of the molecule is CC(C)(C)[Si](OCC=CCCP(=O)(O)O)(c1ccccc1)c1ccccc1. The second-order valence-corrected chi connectivity index (χ2v) is 13.7. The third kappa shape index (κ3) is 5.74. The maximum Gasteiger partial charge on any atom is 0.325 e. The van der Waals surface area contributed by atoms with Crippen molar-refractivity contribution < 1.29 is 18.8 Å². The first kappa shape index (κ1) is 21.8. The molecule has 0 radical (unpaired) electrons. The summed E-state index contributed by atoms with van der Waals surface area (Å²) < 4.78 is 17.6. The van der Waals surface area contributed by atoms with Gasteiger partial charge in [0.1, 0.15) is 0 Å². The first-order chi connectivity index (χ1) is 12.7. The standard InChI is InChI=1S/C21H29O4PSi/c1-21(2,3)27(19-13-7-4-8-14-19,20-15-9-5-10-16-20)25-17-11-6-12-18-26(22,23)24/h4-11,13-16H,12,17-18H2,1-3H3,(H2,22,23,24). The molecule has 0 saturated heterocycles. The van der Waals surface area contributed by atoms with Crippen LogP contribution in [0.3, 0.4) is 0 Å². The van der Waals surface area contributed by atoms with Gasteiger partial charge in [0.05, 0.1) is 12.8 Å². The average Bonchev–Trinajstić information content (AvgIpc) is 2.61. The zero-order valence-electron chi connectivity index (χ0n) is 16.2. The number of allylic oxidation sites excluding steroid dienone is 1. The van der Waals surface area contributed by atoms with Gasteiger partial charge in [-0.05, 0) is 21.8 Å². The van der Waals surface area contributed by atoms with Crippen LogP contribution >= 0.6 is 7.60 Å². The van der Waals surface area contributed by atoms with Gasteiger partial charge in [0.2, 0.25) is 0 Å². The molecule has 2 aromatic rings. The summed E-state index contributed by atoms with van der Waals surface area (Å²) in [4.78, 5) is 17.9. The molecule has 0 amide bonds. The minimum absolute atomic E-state index is 0.0879. The van der Waals surface area contributed by atoms with E-state index < -0.39 is 15.9 Å². The van der Waals surface area contributed by atoms with Crippen LogP contribution in [0.4, 0.5) is 0 Å². The lowest BCUT2D eigenvalue weighted by Gasteiger charge is -2.42. The van der Waals surface area contributed by atoms with Gasteiger partial charge in [0, 0.05) is 0 Å².